The van der Waals surface area contributed by atoms with E-state index >= 15 is 0 Å². The van der Waals surface area contributed by atoms with E-state index < -0.39 is 0 Å². The summed E-state index contributed by atoms with van der Waals surface area (Å²) in [6.07, 6.45) is 0.898. The maximum Gasteiger partial charge on any atom is 0.271 e. The second-order valence-electron chi connectivity index (χ2n) is 2.72. The molecule has 1 aromatic heterocycles. The smallest absolute Gasteiger partial charge is 0.271 e. The van der Waals surface area contributed by atoms with E-state index in [1.807, 2.05) is 6.92 Å². The third kappa shape index (κ3) is 2.69. The summed E-state index contributed by atoms with van der Waals surface area (Å²) in [4.78, 5) is 11.3. The molecule has 0 saturated carbocycles. The van der Waals surface area contributed by atoms with E-state index in [1.165, 1.54) is 7.11 Å². The number of hydrogen-bond acceptors (Lipinski definition) is 4. The Balaban J connectivity index is 2.62. The van der Waals surface area contributed by atoms with Crippen LogP contribution >= 0.6 is 0 Å². The predicted molar refractivity (Wildman–Crippen MR) is 51.2 cm³/mol. The van der Waals surface area contributed by atoms with Crippen LogP contribution in [0.2, 0.25) is 0 Å². The zero-order valence-electron chi connectivity index (χ0n) is 8.28. The van der Waals surface area contributed by atoms with Crippen molar-refractivity contribution in [2.45, 2.75) is 13.3 Å². The molecule has 0 fully saturated rings. The van der Waals surface area contributed by atoms with Gasteiger partial charge in [-0.25, -0.2) is 0 Å². The maximum atomic E-state index is 11.3. The van der Waals surface area contributed by atoms with Gasteiger partial charge in [0.25, 0.3) is 5.91 Å². The lowest BCUT2D eigenvalue weighted by atomic mass is 10.3. The molecule has 0 unspecified atom stereocenters. The Morgan fingerprint density at radius 1 is 1.50 bits per heavy atom. The minimum atomic E-state index is -0.206. The first-order chi connectivity index (χ1) is 6.77. The van der Waals surface area contributed by atoms with Gasteiger partial charge in [0.2, 0.25) is 5.88 Å². The number of nitrogens with one attached hydrogen (secondary N) is 1. The quantitative estimate of drug-likeness (QED) is 0.765. The second-order valence-corrected chi connectivity index (χ2v) is 2.72. The van der Waals surface area contributed by atoms with E-state index in [-0.39, 0.29) is 5.91 Å². The van der Waals surface area contributed by atoms with E-state index in [2.05, 4.69) is 15.5 Å². The van der Waals surface area contributed by atoms with Gasteiger partial charge in [0.1, 0.15) is 0 Å². The standard InChI is InChI=1S/C9H13N3O2/c1-3-6-10-9(13)7-4-5-8(14-2)12-11-7/h4-5H,3,6H2,1-2H3,(H,10,13). The molecule has 76 valence electrons. The molecular formula is C9H13N3O2. The van der Waals surface area contributed by atoms with Crippen molar-refractivity contribution in [1.29, 1.82) is 0 Å². The molecule has 0 aliphatic carbocycles. The monoisotopic (exact) mass is 195 g/mol. The summed E-state index contributed by atoms with van der Waals surface area (Å²) >= 11 is 0. The van der Waals surface area contributed by atoms with E-state index in [4.69, 9.17) is 4.74 Å². The van der Waals surface area contributed by atoms with Crippen LogP contribution in [0, 0.1) is 0 Å². The van der Waals surface area contributed by atoms with Crippen molar-refractivity contribution in [2.75, 3.05) is 13.7 Å². The van der Waals surface area contributed by atoms with Crippen LogP contribution in [0.5, 0.6) is 5.88 Å². The Bertz CT molecular complexity index is 297. The molecule has 1 aromatic rings. The normalized spacial score (nSPS) is 9.57. The molecule has 0 saturated heterocycles. The van der Waals surface area contributed by atoms with Gasteiger partial charge in [-0.2, -0.15) is 0 Å². The second kappa shape index (κ2) is 5.16. The number of rotatable bonds is 4. The fourth-order valence-corrected chi connectivity index (χ4v) is 0.879. The first-order valence-electron chi connectivity index (χ1n) is 4.44. The maximum absolute atomic E-state index is 11.3. The third-order valence-electron chi connectivity index (χ3n) is 1.62. The van der Waals surface area contributed by atoms with Crippen molar-refractivity contribution in [3.8, 4) is 5.88 Å². The average molecular weight is 195 g/mol. The molecule has 0 aliphatic heterocycles. The molecule has 14 heavy (non-hydrogen) atoms. The lowest BCUT2D eigenvalue weighted by molar-refractivity contribution is 0.0947. The summed E-state index contributed by atoms with van der Waals surface area (Å²) in [5.41, 5.74) is 0.305. The van der Waals surface area contributed by atoms with Crippen molar-refractivity contribution in [3.63, 3.8) is 0 Å². The van der Waals surface area contributed by atoms with Crippen LogP contribution in [0.4, 0.5) is 0 Å². The van der Waals surface area contributed by atoms with Gasteiger partial charge in [-0.05, 0) is 12.5 Å². The summed E-state index contributed by atoms with van der Waals surface area (Å²) in [6.45, 7) is 2.63. The van der Waals surface area contributed by atoms with Gasteiger partial charge in [0, 0.05) is 12.6 Å². The molecular weight excluding hydrogens is 182 g/mol. The number of amides is 1. The molecule has 1 N–H and O–H groups in total. The minimum absolute atomic E-state index is 0.206. The highest BCUT2D eigenvalue weighted by molar-refractivity contribution is 5.91. The molecule has 0 atom stereocenters. The Kier molecular flexibility index (Phi) is 3.84. The van der Waals surface area contributed by atoms with E-state index in [0.717, 1.165) is 6.42 Å². The Labute approximate surface area is 82.5 Å². The van der Waals surface area contributed by atoms with Crippen LogP contribution in [0.1, 0.15) is 23.8 Å². The average Bonchev–Trinajstić information content (AvgIpc) is 2.26. The third-order valence-corrected chi connectivity index (χ3v) is 1.62. The fraction of sp³-hybridized carbons (Fsp3) is 0.444. The van der Waals surface area contributed by atoms with E-state index in [0.29, 0.717) is 18.1 Å². The molecule has 0 radical (unpaired) electrons. The van der Waals surface area contributed by atoms with Crippen molar-refractivity contribution < 1.29 is 9.53 Å². The van der Waals surface area contributed by atoms with Crippen LogP contribution in [-0.4, -0.2) is 29.8 Å². The Morgan fingerprint density at radius 2 is 2.29 bits per heavy atom. The van der Waals surface area contributed by atoms with Gasteiger partial charge < -0.3 is 10.1 Å². The van der Waals surface area contributed by atoms with Crippen LogP contribution in [0.3, 0.4) is 0 Å². The fourth-order valence-electron chi connectivity index (χ4n) is 0.879. The number of hydrogen-bond donors (Lipinski definition) is 1. The Hall–Kier alpha value is -1.65. The van der Waals surface area contributed by atoms with Gasteiger partial charge in [0.15, 0.2) is 5.69 Å². The van der Waals surface area contributed by atoms with Crippen LogP contribution in [-0.2, 0) is 0 Å². The van der Waals surface area contributed by atoms with Gasteiger partial charge in [-0.3, -0.25) is 4.79 Å². The lowest BCUT2D eigenvalue weighted by Crippen LogP contribution is -2.25. The van der Waals surface area contributed by atoms with Crippen LogP contribution in [0.15, 0.2) is 12.1 Å². The van der Waals surface area contributed by atoms with Crippen molar-refractivity contribution >= 4 is 5.91 Å². The summed E-state index contributed by atoms with van der Waals surface area (Å²) in [5, 5.41) is 10.1. The van der Waals surface area contributed by atoms with Crippen LogP contribution < -0.4 is 10.1 Å². The number of ether oxygens (including phenoxy) is 1. The number of nitrogens with zero attached hydrogens (tertiary/aromatic N) is 2. The predicted octanol–water partition coefficient (Wildman–Crippen LogP) is 0.625. The highest BCUT2D eigenvalue weighted by Crippen LogP contribution is 2.02. The zero-order chi connectivity index (χ0) is 10.4. The molecule has 1 rings (SSSR count). The van der Waals surface area contributed by atoms with Crippen LogP contribution in [0.25, 0.3) is 0 Å². The highest BCUT2D eigenvalue weighted by Gasteiger charge is 2.06. The zero-order valence-corrected chi connectivity index (χ0v) is 8.28. The molecule has 0 spiro atoms. The topological polar surface area (TPSA) is 64.1 Å². The summed E-state index contributed by atoms with van der Waals surface area (Å²) in [5.74, 6) is 0.194. The molecule has 5 heteroatoms. The molecule has 1 heterocycles. The molecule has 1 amide bonds. The minimum Gasteiger partial charge on any atom is -0.480 e. The van der Waals surface area contributed by atoms with E-state index in [9.17, 15) is 4.79 Å². The molecule has 0 aliphatic rings. The van der Waals surface area contributed by atoms with Gasteiger partial charge in [-0.15, -0.1) is 10.2 Å². The van der Waals surface area contributed by atoms with Crippen molar-refractivity contribution in [3.05, 3.63) is 17.8 Å². The van der Waals surface area contributed by atoms with Gasteiger partial charge in [-0.1, -0.05) is 6.92 Å². The highest BCUT2D eigenvalue weighted by atomic mass is 16.5. The van der Waals surface area contributed by atoms with Gasteiger partial charge >= 0.3 is 0 Å². The number of carbonyl (C=O) groups excluding carboxylic acids is 1. The van der Waals surface area contributed by atoms with Crippen molar-refractivity contribution in [2.24, 2.45) is 0 Å². The largest absolute Gasteiger partial charge is 0.480 e. The SMILES string of the molecule is CCCNC(=O)c1ccc(OC)nn1. The van der Waals surface area contributed by atoms with Gasteiger partial charge in [0.05, 0.1) is 7.11 Å². The molecule has 5 nitrogen and oxygen atoms in total. The van der Waals surface area contributed by atoms with E-state index in [1.54, 1.807) is 12.1 Å². The summed E-state index contributed by atoms with van der Waals surface area (Å²) in [6, 6.07) is 3.19. The molecule has 0 aromatic carbocycles. The number of methoxy groups -OCH3 is 1. The first kappa shape index (κ1) is 10.4. The lowest BCUT2D eigenvalue weighted by Gasteiger charge is -2.02. The number of aromatic nitrogens is 2. The Morgan fingerprint density at radius 3 is 2.79 bits per heavy atom. The van der Waals surface area contributed by atoms with Crippen molar-refractivity contribution in [1.82, 2.24) is 15.5 Å². The summed E-state index contributed by atoms with van der Waals surface area (Å²) < 4.78 is 4.82. The number of carbonyl (C=O) groups is 1. The summed E-state index contributed by atoms with van der Waals surface area (Å²) in [7, 11) is 1.50. The first-order valence-corrected chi connectivity index (χ1v) is 4.44. The molecule has 0 bridgehead atoms.